The van der Waals surface area contributed by atoms with Gasteiger partial charge in [0.25, 0.3) is 0 Å². The number of anilines is 3. The Morgan fingerprint density at radius 2 is 1.67 bits per heavy atom. The number of halogens is 3. The van der Waals surface area contributed by atoms with Crippen molar-refractivity contribution in [3.8, 4) is 0 Å². The molecule has 30 heavy (non-hydrogen) atoms. The van der Waals surface area contributed by atoms with Crippen molar-refractivity contribution in [2.45, 2.75) is 25.9 Å². The van der Waals surface area contributed by atoms with E-state index in [4.69, 9.17) is 0 Å². The summed E-state index contributed by atoms with van der Waals surface area (Å²) in [6.45, 7) is 5.96. The highest BCUT2D eigenvalue weighted by Crippen LogP contribution is 2.47. The van der Waals surface area contributed by atoms with Gasteiger partial charge in [0.1, 0.15) is 17.3 Å². The zero-order chi connectivity index (χ0) is 21.6. The van der Waals surface area contributed by atoms with Gasteiger partial charge in [0, 0.05) is 44.3 Å². The molecule has 0 amide bonds. The van der Waals surface area contributed by atoms with Gasteiger partial charge in [0.05, 0.1) is 11.4 Å². The number of fused-ring (bicyclic) bond motifs is 1. The fourth-order valence-electron chi connectivity index (χ4n) is 4.24. The minimum Gasteiger partial charge on any atom is -0.309 e. The van der Waals surface area contributed by atoms with Crippen molar-refractivity contribution in [3.63, 3.8) is 0 Å². The van der Waals surface area contributed by atoms with E-state index in [0.717, 1.165) is 33.8 Å². The van der Waals surface area contributed by atoms with Crippen LogP contribution >= 0.6 is 0 Å². The Morgan fingerprint density at radius 3 is 2.33 bits per heavy atom. The Bertz CT molecular complexity index is 1060. The lowest BCUT2D eigenvalue weighted by molar-refractivity contribution is 0.178. The molecule has 0 saturated carbocycles. The molecule has 2 aromatic carbocycles. The summed E-state index contributed by atoms with van der Waals surface area (Å²) in [7, 11) is -4.30. The van der Waals surface area contributed by atoms with Crippen LogP contribution in [0.1, 0.15) is 13.8 Å². The molecule has 0 aromatic heterocycles. The van der Waals surface area contributed by atoms with E-state index in [1.165, 1.54) is 18.2 Å². The number of nitrogens with zero attached hydrogens (tertiary/aromatic N) is 3. The second kappa shape index (κ2) is 7.75. The average molecular weight is 440 g/mol. The van der Waals surface area contributed by atoms with Crippen LogP contribution in [0.2, 0.25) is 0 Å². The lowest BCUT2D eigenvalue weighted by atomic mass is 10.1. The van der Waals surface area contributed by atoms with Gasteiger partial charge in [-0.15, -0.1) is 0 Å². The van der Waals surface area contributed by atoms with Gasteiger partial charge in [-0.05, 0) is 38.1 Å². The summed E-state index contributed by atoms with van der Waals surface area (Å²) in [6, 6.07) is 7.06. The molecule has 2 atom stereocenters. The van der Waals surface area contributed by atoms with E-state index in [0.29, 0.717) is 12.6 Å². The van der Waals surface area contributed by atoms with Crippen molar-refractivity contribution in [1.29, 1.82) is 0 Å². The van der Waals surface area contributed by atoms with Crippen molar-refractivity contribution < 1.29 is 21.6 Å². The standard InChI is InChI=1S/C20H23F3N4O2S/c1-13-11-25(12-14(2)24-13)8-9-26-20-16(22)4-3-5-19(20)27(30(26,28)29)18-7-6-15(21)10-17(18)23/h3-7,10,13-14,24H,8-9,11-12H2,1-2H3/t13-,14+. The third-order valence-electron chi connectivity index (χ3n) is 5.32. The first kappa shape index (κ1) is 21.0. The molecule has 0 unspecified atom stereocenters. The minimum atomic E-state index is -4.30. The summed E-state index contributed by atoms with van der Waals surface area (Å²) >= 11 is 0. The number of nitrogens with one attached hydrogen (secondary N) is 1. The number of piperazine rings is 1. The van der Waals surface area contributed by atoms with Gasteiger partial charge in [0.2, 0.25) is 0 Å². The van der Waals surface area contributed by atoms with Gasteiger partial charge in [-0.3, -0.25) is 4.90 Å². The summed E-state index contributed by atoms with van der Waals surface area (Å²) in [5.74, 6) is -2.59. The largest absolute Gasteiger partial charge is 0.331 e. The zero-order valence-corrected chi connectivity index (χ0v) is 17.5. The summed E-state index contributed by atoms with van der Waals surface area (Å²) in [6.07, 6.45) is 0. The van der Waals surface area contributed by atoms with Crippen molar-refractivity contribution >= 4 is 27.3 Å². The molecule has 0 spiro atoms. The molecule has 1 saturated heterocycles. The third kappa shape index (κ3) is 3.63. The van der Waals surface area contributed by atoms with Crippen molar-refractivity contribution in [2.75, 3.05) is 34.8 Å². The van der Waals surface area contributed by atoms with Crippen LogP contribution in [0.4, 0.5) is 30.2 Å². The van der Waals surface area contributed by atoms with E-state index in [9.17, 15) is 21.6 Å². The fourth-order valence-corrected chi connectivity index (χ4v) is 5.95. The van der Waals surface area contributed by atoms with E-state index >= 15 is 0 Å². The fraction of sp³-hybridized carbons (Fsp3) is 0.400. The molecule has 6 nitrogen and oxygen atoms in total. The maximum atomic E-state index is 14.7. The first-order chi connectivity index (χ1) is 14.2. The van der Waals surface area contributed by atoms with E-state index < -0.39 is 27.7 Å². The molecule has 0 radical (unpaired) electrons. The van der Waals surface area contributed by atoms with Gasteiger partial charge in [-0.1, -0.05) is 6.07 Å². The lowest BCUT2D eigenvalue weighted by Gasteiger charge is -2.36. The van der Waals surface area contributed by atoms with Crippen LogP contribution in [0.3, 0.4) is 0 Å². The van der Waals surface area contributed by atoms with Crippen LogP contribution in [-0.4, -0.2) is 51.6 Å². The number of para-hydroxylation sites is 1. The Labute approximate surface area is 174 Å². The smallest absolute Gasteiger partial charge is 0.309 e. The van der Waals surface area contributed by atoms with Crippen LogP contribution in [0, 0.1) is 17.5 Å². The molecule has 2 aliphatic rings. The molecule has 2 heterocycles. The Balaban J connectivity index is 1.70. The normalized spacial score (nSPS) is 23.6. The van der Waals surface area contributed by atoms with Gasteiger partial charge >= 0.3 is 10.2 Å². The maximum absolute atomic E-state index is 14.7. The second-order valence-corrected chi connectivity index (χ2v) is 9.48. The third-order valence-corrected chi connectivity index (χ3v) is 7.10. The van der Waals surface area contributed by atoms with Crippen molar-refractivity contribution in [2.24, 2.45) is 0 Å². The molecular weight excluding hydrogens is 417 g/mol. The summed E-state index contributed by atoms with van der Waals surface area (Å²) in [5, 5.41) is 3.40. The molecule has 4 rings (SSSR count). The van der Waals surface area contributed by atoms with Crippen LogP contribution < -0.4 is 13.9 Å². The SMILES string of the molecule is C[C@@H]1CN(CCN2c3c(F)cccc3N(c3ccc(F)cc3F)S2(=O)=O)C[C@H](C)N1. The molecule has 1 N–H and O–H groups in total. The number of hydrogen-bond donors (Lipinski definition) is 1. The maximum Gasteiger partial charge on any atom is 0.331 e. The summed E-state index contributed by atoms with van der Waals surface area (Å²) < 4.78 is 70.9. The molecule has 0 bridgehead atoms. The van der Waals surface area contributed by atoms with E-state index in [2.05, 4.69) is 10.2 Å². The van der Waals surface area contributed by atoms with E-state index in [-0.39, 0.29) is 35.7 Å². The predicted octanol–water partition coefficient (Wildman–Crippen LogP) is 2.99. The molecule has 2 aromatic rings. The Kier molecular flexibility index (Phi) is 5.41. The predicted molar refractivity (Wildman–Crippen MR) is 110 cm³/mol. The second-order valence-electron chi connectivity index (χ2n) is 7.78. The first-order valence-electron chi connectivity index (χ1n) is 9.73. The quantitative estimate of drug-likeness (QED) is 0.794. The number of benzene rings is 2. The van der Waals surface area contributed by atoms with Crippen LogP contribution in [-0.2, 0) is 10.2 Å². The highest BCUT2D eigenvalue weighted by atomic mass is 32.2. The summed E-state index contributed by atoms with van der Waals surface area (Å²) in [5.41, 5.74) is -0.477. The molecule has 10 heteroatoms. The van der Waals surface area contributed by atoms with Crippen LogP contribution in [0.25, 0.3) is 0 Å². The highest BCUT2D eigenvalue weighted by molar-refractivity contribution is 7.95. The van der Waals surface area contributed by atoms with Gasteiger partial charge < -0.3 is 5.32 Å². The molecule has 0 aliphatic carbocycles. The van der Waals surface area contributed by atoms with Crippen LogP contribution in [0.15, 0.2) is 36.4 Å². The molecule has 1 fully saturated rings. The van der Waals surface area contributed by atoms with E-state index in [1.807, 2.05) is 13.8 Å². The lowest BCUT2D eigenvalue weighted by Crippen LogP contribution is -2.55. The van der Waals surface area contributed by atoms with Gasteiger partial charge in [0.15, 0.2) is 5.82 Å². The van der Waals surface area contributed by atoms with Gasteiger partial charge in [-0.25, -0.2) is 21.8 Å². The van der Waals surface area contributed by atoms with Gasteiger partial charge in [-0.2, -0.15) is 8.42 Å². The summed E-state index contributed by atoms with van der Waals surface area (Å²) in [4.78, 5) is 2.11. The van der Waals surface area contributed by atoms with Crippen molar-refractivity contribution in [3.05, 3.63) is 53.8 Å². The minimum absolute atomic E-state index is 0.00237. The van der Waals surface area contributed by atoms with Crippen molar-refractivity contribution in [1.82, 2.24) is 10.2 Å². The molecular formula is C20H23F3N4O2S. The monoisotopic (exact) mass is 440 g/mol. The first-order valence-corrected chi connectivity index (χ1v) is 11.1. The van der Waals surface area contributed by atoms with Crippen LogP contribution in [0.5, 0.6) is 0 Å². The average Bonchev–Trinajstić information content (AvgIpc) is 2.87. The number of rotatable bonds is 4. The zero-order valence-electron chi connectivity index (χ0n) is 16.6. The topological polar surface area (TPSA) is 55.9 Å². The highest BCUT2D eigenvalue weighted by Gasteiger charge is 2.44. The Hall–Kier alpha value is -2.30. The number of hydrogen-bond acceptors (Lipinski definition) is 4. The Morgan fingerprint density at radius 1 is 0.967 bits per heavy atom. The molecule has 2 aliphatic heterocycles. The van der Waals surface area contributed by atoms with E-state index in [1.54, 1.807) is 0 Å². The molecule has 162 valence electrons.